The summed E-state index contributed by atoms with van der Waals surface area (Å²) in [5.41, 5.74) is 2.50. The zero-order valence-electron chi connectivity index (χ0n) is 15.9. The van der Waals surface area contributed by atoms with Gasteiger partial charge in [0.1, 0.15) is 5.25 Å². The molecule has 1 N–H and O–H groups in total. The highest BCUT2D eigenvalue weighted by Crippen LogP contribution is 2.33. The van der Waals surface area contributed by atoms with Gasteiger partial charge in [0.05, 0.1) is 11.3 Å². The molecule has 28 heavy (non-hydrogen) atoms. The number of carbonyl (C=O) groups is 1. The van der Waals surface area contributed by atoms with Crippen molar-refractivity contribution in [3.05, 3.63) is 87.6 Å². The first-order chi connectivity index (χ1) is 13.4. The molecule has 6 heteroatoms. The smallest absolute Gasteiger partial charge is 0.224 e. The highest BCUT2D eigenvalue weighted by atomic mass is 32.2. The molecule has 146 valence electrons. The van der Waals surface area contributed by atoms with Gasteiger partial charge in [0.2, 0.25) is 5.91 Å². The number of aryl methyl sites for hydroxylation is 2. The van der Waals surface area contributed by atoms with Crippen LogP contribution < -0.4 is 5.32 Å². The Morgan fingerprint density at radius 3 is 2.46 bits per heavy atom. The van der Waals surface area contributed by atoms with E-state index in [-0.39, 0.29) is 18.9 Å². The van der Waals surface area contributed by atoms with Crippen molar-refractivity contribution in [2.24, 2.45) is 0 Å². The average Bonchev–Trinajstić information content (AvgIpc) is 3.18. The number of hydrogen-bond acceptors (Lipinski definition) is 4. The van der Waals surface area contributed by atoms with Gasteiger partial charge in [0, 0.05) is 11.4 Å². The number of carbonyl (C=O) groups excluding carboxylic acids is 1. The van der Waals surface area contributed by atoms with Crippen molar-refractivity contribution in [3.8, 4) is 0 Å². The van der Waals surface area contributed by atoms with Crippen LogP contribution in [0, 0.1) is 13.8 Å². The summed E-state index contributed by atoms with van der Waals surface area (Å²) >= 11 is 1.39. The lowest BCUT2D eigenvalue weighted by Gasteiger charge is -2.19. The van der Waals surface area contributed by atoms with Crippen LogP contribution in [0.15, 0.2) is 70.9 Å². The second-order valence-electron chi connectivity index (χ2n) is 6.78. The van der Waals surface area contributed by atoms with E-state index in [1.807, 2.05) is 60.8 Å². The van der Waals surface area contributed by atoms with E-state index < -0.39 is 15.1 Å². The molecule has 1 atom stereocenters. The van der Waals surface area contributed by atoms with E-state index in [0.29, 0.717) is 10.5 Å². The van der Waals surface area contributed by atoms with Crippen LogP contribution in [0.3, 0.4) is 0 Å². The number of rotatable bonds is 7. The van der Waals surface area contributed by atoms with Crippen LogP contribution >= 0.6 is 11.3 Å². The van der Waals surface area contributed by atoms with Crippen LogP contribution in [0.4, 0.5) is 0 Å². The molecule has 0 saturated carbocycles. The monoisotopic (exact) mass is 413 g/mol. The lowest BCUT2D eigenvalue weighted by Crippen LogP contribution is -2.32. The molecule has 0 fully saturated rings. The minimum absolute atomic E-state index is 0.0435. The summed E-state index contributed by atoms with van der Waals surface area (Å²) in [6.07, 6.45) is 0.224. The van der Waals surface area contributed by atoms with E-state index in [9.17, 15) is 13.2 Å². The quantitative estimate of drug-likeness (QED) is 0.630. The van der Waals surface area contributed by atoms with Gasteiger partial charge >= 0.3 is 0 Å². The zero-order valence-corrected chi connectivity index (χ0v) is 17.5. The molecule has 0 bridgehead atoms. The van der Waals surface area contributed by atoms with Crippen LogP contribution in [0.1, 0.15) is 26.8 Å². The summed E-state index contributed by atoms with van der Waals surface area (Å²) in [7, 11) is -3.65. The lowest BCUT2D eigenvalue weighted by molar-refractivity contribution is -0.120. The van der Waals surface area contributed by atoms with Gasteiger partial charge in [-0.1, -0.05) is 48.5 Å². The topological polar surface area (TPSA) is 63.2 Å². The first-order valence-corrected chi connectivity index (χ1v) is 11.5. The summed E-state index contributed by atoms with van der Waals surface area (Å²) in [6, 6.07) is 18.5. The normalized spacial score (nSPS) is 12.5. The Bertz CT molecular complexity index is 1040. The Kier molecular flexibility index (Phi) is 6.31. The van der Waals surface area contributed by atoms with Crippen molar-refractivity contribution in [2.45, 2.75) is 30.4 Å². The highest BCUT2D eigenvalue weighted by molar-refractivity contribution is 7.92. The molecule has 0 radical (unpaired) electrons. The van der Waals surface area contributed by atoms with Gasteiger partial charge in [0.15, 0.2) is 9.84 Å². The maximum atomic E-state index is 13.4. The molecule has 3 rings (SSSR count). The van der Waals surface area contributed by atoms with Crippen LogP contribution in [-0.4, -0.2) is 20.9 Å². The zero-order chi connectivity index (χ0) is 20.1. The van der Waals surface area contributed by atoms with Gasteiger partial charge in [0.25, 0.3) is 0 Å². The van der Waals surface area contributed by atoms with Gasteiger partial charge in [-0.2, -0.15) is 0 Å². The number of benzene rings is 2. The Balaban J connectivity index is 1.84. The molecule has 0 aliphatic rings. The predicted octanol–water partition coefficient (Wildman–Crippen LogP) is 4.24. The molecular weight excluding hydrogens is 390 g/mol. The standard InChI is InChI=1S/C22H23NO3S2/c1-16-10-11-17(2)20(13-16)28(25,26)21(19-9-6-12-27-19)15-23-22(24)14-18-7-4-3-5-8-18/h3-13,21H,14-15H2,1-2H3,(H,23,24)/t21-/m0/s1. The van der Waals surface area contributed by atoms with E-state index in [1.165, 1.54) is 11.3 Å². The van der Waals surface area contributed by atoms with Crippen molar-refractivity contribution in [1.82, 2.24) is 5.32 Å². The van der Waals surface area contributed by atoms with Gasteiger partial charge < -0.3 is 5.32 Å². The van der Waals surface area contributed by atoms with Crippen molar-refractivity contribution >= 4 is 27.1 Å². The molecule has 0 saturated heterocycles. The summed E-state index contributed by atoms with van der Waals surface area (Å²) in [6.45, 7) is 3.72. The third-order valence-electron chi connectivity index (χ3n) is 4.58. The number of amides is 1. The predicted molar refractivity (Wildman–Crippen MR) is 113 cm³/mol. The fourth-order valence-electron chi connectivity index (χ4n) is 3.06. The SMILES string of the molecule is Cc1ccc(C)c(S(=O)(=O)[C@@H](CNC(=O)Cc2ccccc2)c2cccs2)c1. The van der Waals surface area contributed by atoms with E-state index in [4.69, 9.17) is 0 Å². The minimum Gasteiger partial charge on any atom is -0.354 e. The fraction of sp³-hybridized carbons (Fsp3) is 0.227. The molecule has 0 unspecified atom stereocenters. The van der Waals surface area contributed by atoms with Gasteiger partial charge in [-0.15, -0.1) is 11.3 Å². The molecule has 0 spiro atoms. The van der Waals surface area contributed by atoms with E-state index in [1.54, 1.807) is 19.1 Å². The second-order valence-corrected chi connectivity index (χ2v) is 9.86. The van der Waals surface area contributed by atoms with Gasteiger partial charge in [-0.05, 0) is 48.1 Å². The number of thiophene rings is 1. The Labute approximate surface area is 170 Å². The van der Waals surface area contributed by atoms with Crippen LogP contribution in [0.2, 0.25) is 0 Å². The third-order valence-corrected chi connectivity index (χ3v) is 7.94. The first kappa shape index (κ1) is 20.3. The maximum Gasteiger partial charge on any atom is 0.224 e. The molecule has 3 aromatic rings. The number of sulfone groups is 1. The van der Waals surface area contributed by atoms with Crippen molar-refractivity contribution in [2.75, 3.05) is 6.54 Å². The molecular formula is C22H23NO3S2. The van der Waals surface area contributed by atoms with E-state index in [0.717, 1.165) is 16.0 Å². The summed E-state index contributed by atoms with van der Waals surface area (Å²) in [5, 5.41) is 3.86. The molecule has 1 amide bonds. The lowest BCUT2D eigenvalue weighted by atomic mass is 10.1. The van der Waals surface area contributed by atoms with Crippen LogP contribution in [-0.2, 0) is 21.1 Å². The molecule has 1 aromatic heterocycles. The van der Waals surface area contributed by atoms with E-state index >= 15 is 0 Å². The molecule has 2 aromatic carbocycles. The molecule has 4 nitrogen and oxygen atoms in total. The number of nitrogens with one attached hydrogen (secondary N) is 1. The van der Waals surface area contributed by atoms with E-state index in [2.05, 4.69) is 5.32 Å². The largest absolute Gasteiger partial charge is 0.354 e. The first-order valence-electron chi connectivity index (χ1n) is 9.03. The van der Waals surface area contributed by atoms with Crippen LogP contribution in [0.25, 0.3) is 0 Å². The summed E-state index contributed by atoms with van der Waals surface area (Å²) in [4.78, 5) is 13.4. The third kappa shape index (κ3) is 4.69. The molecule has 0 aliphatic carbocycles. The highest BCUT2D eigenvalue weighted by Gasteiger charge is 2.31. The second kappa shape index (κ2) is 8.71. The average molecular weight is 414 g/mol. The Hall–Kier alpha value is -2.44. The Morgan fingerprint density at radius 1 is 1.04 bits per heavy atom. The minimum atomic E-state index is -3.65. The summed E-state index contributed by atoms with van der Waals surface area (Å²) < 4.78 is 26.9. The van der Waals surface area contributed by atoms with Crippen LogP contribution in [0.5, 0.6) is 0 Å². The fourth-order valence-corrected chi connectivity index (χ4v) is 6.17. The van der Waals surface area contributed by atoms with Gasteiger partial charge in [-0.25, -0.2) is 8.42 Å². The number of hydrogen-bond donors (Lipinski definition) is 1. The van der Waals surface area contributed by atoms with Gasteiger partial charge in [-0.3, -0.25) is 4.79 Å². The van der Waals surface area contributed by atoms with Crippen molar-refractivity contribution in [1.29, 1.82) is 0 Å². The van der Waals surface area contributed by atoms with Crippen molar-refractivity contribution < 1.29 is 13.2 Å². The molecule has 1 heterocycles. The summed E-state index contributed by atoms with van der Waals surface area (Å²) in [5.74, 6) is -0.191. The maximum absolute atomic E-state index is 13.4. The molecule has 0 aliphatic heterocycles. The Morgan fingerprint density at radius 2 is 1.79 bits per heavy atom. The van der Waals surface area contributed by atoms with Crippen molar-refractivity contribution in [3.63, 3.8) is 0 Å².